The Morgan fingerprint density at radius 3 is 2.67 bits per heavy atom. The maximum Gasteiger partial charge on any atom is 0.428 e. The Balaban J connectivity index is 2.37. The summed E-state index contributed by atoms with van der Waals surface area (Å²) in [6, 6.07) is 2.44. The van der Waals surface area contributed by atoms with E-state index < -0.39 is 36.6 Å². The average molecular weight is 347 g/mol. The number of amides is 1. The van der Waals surface area contributed by atoms with Crippen LogP contribution in [0.2, 0.25) is 0 Å². The molecule has 1 aliphatic heterocycles. The van der Waals surface area contributed by atoms with Gasteiger partial charge in [0.15, 0.2) is 0 Å². The van der Waals surface area contributed by atoms with Crippen molar-refractivity contribution >= 4 is 17.5 Å². The Morgan fingerprint density at radius 1 is 1.46 bits per heavy atom. The van der Waals surface area contributed by atoms with Crippen LogP contribution in [0, 0.1) is 0 Å². The lowest BCUT2D eigenvalue weighted by atomic mass is 10.0. The van der Waals surface area contributed by atoms with Crippen molar-refractivity contribution < 1.29 is 32.9 Å². The molecule has 0 aliphatic carbocycles. The third-order valence-electron chi connectivity index (χ3n) is 3.40. The zero-order chi connectivity index (χ0) is 17.9. The van der Waals surface area contributed by atoms with Crippen LogP contribution in [0.15, 0.2) is 23.3 Å². The second-order valence-electron chi connectivity index (χ2n) is 5.18. The van der Waals surface area contributed by atoms with E-state index in [1.165, 1.54) is 19.1 Å². The summed E-state index contributed by atoms with van der Waals surface area (Å²) >= 11 is 0. The van der Waals surface area contributed by atoms with Gasteiger partial charge in [0.05, 0.1) is 24.3 Å². The van der Waals surface area contributed by atoms with Crippen LogP contribution in [-0.4, -0.2) is 47.4 Å². The summed E-state index contributed by atoms with van der Waals surface area (Å²) in [6.45, 7) is 0.568. The van der Waals surface area contributed by atoms with Crippen LogP contribution < -0.4 is 10.7 Å². The maximum atomic E-state index is 13.3. The van der Waals surface area contributed by atoms with Crippen LogP contribution in [0.5, 0.6) is 0 Å². The number of aliphatic hydroxyl groups is 2. The van der Waals surface area contributed by atoms with E-state index in [2.05, 4.69) is 15.2 Å². The predicted molar refractivity (Wildman–Crippen MR) is 78.6 cm³/mol. The number of nitrogens with zero attached hydrogens (tertiary/aromatic N) is 1. The Bertz CT molecular complexity index is 647. The van der Waals surface area contributed by atoms with Gasteiger partial charge in [0.2, 0.25) is 0 Å². The minimum atomic E-state index is -4.67. The zero-order valence-electron chi connectivity index (χ0n) is 12.6. The molecular formula is C14H16F3N3O4. The van der Waals surface area contributed by atoms with Gasteiger partial charge in [-0.15, -0.1) is 0 Å². The van der Waals surface area contributed by atoms with Crippen LogP contribution in [0.25, 0.3) is 0 Å². The Morgan fingerprint density at radius 2 is 2.17 bits per heavy atom. The van der Waals surface area contributed by atoms with Gasteiger partial charge in [-0.2, -0.15) is 18.3 Å². The monoisotopic (exact) mass is 347 g/mol. The first kappa shape index (κ1) is 18.0. The van der Waals surface area contributed by atoms with Gasteiger partial charge in [0.1, 0.15) is 12.3 Å². The summed E-state index contributed by atoms with van der Waals surface area (Å²) in [5.41, 5.74) is 1.02. The molecule has 4 N–H and O–H groups in total. The number of cyclic esters (lactones) is 1. The molecular weight excluding hydrogens is 331 g/mol. The summed E-state index contributed by atoms with van der Waals surface area (Å²) in [4.78, 5) is 10.9. The van der Waals surface area contributed by atoms with E-state index >= 15 is 0 Å². The largest absolute Gasteiger partial charge is 0.442 e. The van der Waals surface area contributed by atoms with Gasteiger partial charge < -0.3 is 20.3 Å². The van der Waals surface area contributed by atoms with Crippen molar-refractivity contribution in [2.45, 2.75) is 25.2 Å². The number of halogens is 3. The van der Waals surface area contributed by atoms with Crippen LogP contribution >= 0.6 is 0 Å². The smallest absolute Gasteiger partial charge is 0.428 e. The molecule has 2 rings (SSSR count). The number of hydrogen-bond donors (Lipinski definition) is 4. The molecule has 0 unspecified atom stereocenters. The highest BCUT2D eigenvalue weighted by Gasteiger charge is 2.35. The number of hydrazone groups is 1. The van der Waals surface area contributed by atoms with Crippen molar-refractivity contribution in [3.63, 3.8) is 0 Å². The van der Waals surface area contributed by atoms with E-state index in [1.807, 2.05) is 5.43 Å². The molecule has 0 radical (unpaired) electrons. The molecule has 0 saturated heterocycles. The first-order valence-electron chi connectivity index (χ1n) is 6.98. The number of benzene rings is 1. The normalized spacial score (nSPS) is 17.4. The number of ether oxygens (including phenoxy) is 1. The maximum absolute atomic E-state index is 13.3. The standard InChI is InChI=1S/C14H16F3N3O4/c1-7(22)11(5-21)18-10-3-2-8(4-9(10)14(15,16)17)12-6-24-13(23)20-19-12/h2-4,7,11,18,21-22H,5-6H2,1H3,(H,20,23)/t7-,11-/m1/s1. The van der Waals surface area contributed by atoms with E-state index in [-0.39, 0.29) is 23.6 Å². The van der Waals surface area contributed by atoms with Crippen molar-refractivity contribution in [2.24, 2.45) is 5.10 Å². The number of alkyl halides is 3. The van der Waals surface area contributed by atoms with E-state index in [4.69, 9.17) is 5.11 Å². The highest BCUT2D eigenvalue weighted by atomic mass is 19.4. The molecule has 0 aromatic heterocycles. The number of hydrogen-bond acceptors (Lipinski definition) is 6. The Hall–Kier alpha value is -2.33. The average Bonchev–Trinajstić information content (AvgIpc) is 2.52. The van der Waals surface area contributed by atoms with Gasteiger partial charge >= 0.3 is 12.3 Å². The van der Waals surface area contributed by atoms with Crippen LogP contribution in [0.4, 0.5) is 23.7 Å². The predicted octanol–water partition coefficient (Wildman–Crippen LogP) is 1.30. The van der Waals surface area contributed by atoms with Crippen LogP contribution in [-0.2, 0) is 10.9 Å². The molecule has 1 heterocycles. The Kier molecular flexibility index (Phi) is 5.30. The minimum Gasteiger partial charge on any atom is -0.442 e. The minimum absolute atomic E-state index is 0.130. The number of nitrogens with one attached hydrogen (secondary N) is 2. The number of aliphatic hydroxyl groups excluding tert-OH is 2. The van der Waals surface area contributed by atoms with Crippen molar-refractivity contribution in [2.75, 3.05) is 18.5 Å². The third-order valence-corrected chi connectivity index (χ3v) is 3.40. The van der Waals surface area contributed by atoms with Gasteiger partial charge in [-0.25, -0.2) is 10.2 Å². The summed E-state index contributed by atoms with van der Waals surface area (Å²) in [5.74, 6) is 0. The van der Waals surface area contributed by atoms with Gasteiger partial charge in [0, 0.05) is 11.3 Å². The van der Waals surface area contributed by atoms with Crippen LogP contribution in [0.3, 0.4) is 0 Å². The summed E-state index contributed by atoms with van der Waals surface area (Å²) in [7, 11) is 0. The molecule has 1 aromatic rings. The van der Waals surface area contributed by atoms with E-state index in [0.29, 0.717) is 0 Å². The molecule has 132 valence electrons. The molecule has 1 aliphatic rings. The number of rotatable bonds is 5. The van der Waals surface area contributed by atoms with E-state index in [1.54, 1.807) is 0 Å². The first-order valence-corrected chi connectivity index (χ1v) is 6.98. The SMILES string of the molecule is C[C@@H](O)[C@@H](CO)Nc1ccc(C2=NNC(=O)OC2)cc1C(F)(F)F. The summed E-state index contributed by atoms with van der Waals surface area (Å²) in [5, 5.41) is 24.8. The zero-order valence-corrected chi connectivity index (χ0v) is 12.6. The van der Waals surface area contributed by atoms with E-state index in [0.717, 1.165) is 6.07 Å². The van der Waals surface area contributed by atoms with Crippen molar-refractivity contribution in [3.8, 4) is 0 Å². The third kappa shape index (κ3) is 4.15. The van der Waals surface area contributed by atoms with Gasteiger partial charge in [-0.05, 0) is 19.1 Å². The lowest BCUT2D eigenvalue weighted by Gasteiger charge is -2.23. The number of carbonyl (C=O) groups is 1. The Labute approximate surface area is 135 Å². The topological polar surface area (TPSA) is 103 Å². The fourth-order valence-electron chi connectivity index (χ4n) is 2.06. The number of carbonyl (C=O) groups excluding carboxylic acids is 1. The molecule has 1 aromatic carbocycles. The van der Waals surface area contributed by atoms with Crippen molar-refractivity contribution in [1.29, 1.82) is 0 Å². The molecule has 0 fully saturated rings. The number of anilines is 1. The quantitative estimate of drug-likeness (QED) is 0.643. The molecule has 0 spiro atoms. The van der Waals surface area contributed by atoms with Crippen molar-refractivity contribution in [1.82, 2.24) is 5.43 Å². The molecule has 2 atom stereocenters. The van der Waals surface area contributed by atoms with Gasteiger partial charge in [-0.1, -0.05) is 6.07 Å². The molecule has 7 nitrogen and oxygen atoms in total. The molecule has 0 saturated carbocycles. The lowest BCUT2D eigenvalue weighted by molar-refractivity contribution is -0.137. The molecule has 1 amide bonds. The first-order chi connectivity index (χ1) is 11.2. The molecule has 0 bridgehead atoms. The highest BCUT2D eigenvalue weighted by Crippen LogP contribution is 2.36. The van der Waals surface area contributed by atoms with Gasteiger partial charge in [-0.3, -0.25) is 0 Å². The summed E-state index contributed by atoms with van der Waals surface area (Å²) in [6.07, 6.45) is -6.51. The second kappa shape index (κ2) is 7.05. The van der Waals surface area contributed by atoms with E-state index in [9.17, 15) is 23.1 Å². The second-order valence-corrected chi connectivity index (χ2v) is 5.18. The van der Waals surface area contributed by atoms with Gasteiger partial charge in [0.25, 0.3) is 0 Å². The lowest BCUT2D eigenvalue weighted by Crippen LogP contribution is -2.35. The fourth-order valence-corrected chi connectivity index (χ4v) is 2.06. The molecule has 24 heavy (non-hydrogen) atoms. The molecule has 10 heteroatoms. The highest BCUT2D eigenvalue weighted by molar-refractivity contribution is 6.04. The van der Waals surface area contributed by atoms with Crippen LogP contribution in [0.1, 0.15) is 18.1 Å². The van der Waals surface area contributed by atoms with Crippen molar-refractivity contribution in [3.05, 3.63) is 29.3 Å². The fraction of sp³-hybridized carbons (Fsp3) is 0.429. The summed E-state index contributed by atoms with van der Waals surface area (Å²) < 4.78 is 44.6.